The van der Waals surface area contributed by atoms with E-state index in [1.54, 1.807) is 12.1 Å². The number of esters is 1. The summed E-state index contributed by atoms with van der Waals surface area (Å²) in [6.45, 7) is 3.38. The van der Waals surface area contributed by atoms with E-state index in [9.17, 15) is 19.2 Å². The Kier molecular flexibility index (Phi) is 8.70. The van der Waals surface area contributed by atoms with Crippen LogP contribution < -0.4 is 5.32 Å². The summed E-state index contributed by atoms with van der Waals surface area (Å²) in [5.41, 5.74) is 2.37. The summed E-state index contributed by atoms with van der Waals surface area (Å²) < 4.78 is 4.46. The Hall–Kier alpha value is -3.02. The van der Waals surface area contributed by atoms with Crippen molar-refractivity contribution >= 4 is 29.1 Å². The van der Waals surface area contributed by atoms with E-state index in [-0.39, 0.29) is 18.0 Å². The van der Waals surface area contributed by atoms with Crippen molar-refractivity contribution in [1.29, 1.82) is 0 Å². The maximum atomic E-state index is 12.0. The number of benzene rings is 1. The second-order valence-electron chi connectivity index (χ2n) is 5.67. The van der Waals surface area contributed by atoms with Gasteiger partial charge in [-0.2, -0.15) is 0 Å². The maximum Gasteiger partial charge on any atom is 0.330 e. The number of nitrogens with one attached hydrogen (secondary N) is 1. The van der Waals surface area contributed by atoms with Crippen LogP contribution in [0.2, 0.25) is 0 Å². The Morgan fingerprint density at radius 1 is 1.04 bits per heavy atom. The highest BCUT2D eigenvalue weighted by Crippen LogP contribution is 2.19. The van der Waals surface area contributed by atoms with Crippen LogP contribution >= 0.6 is 0 Å². The number of carbonyl (C=O) groups is 4. The van der Waals surface area contributed by atoms with E-state index in [1.807, 2.05) is 13.0 Å². The minimum atomic E-state index is -0.580. The number of allylic oxidation sites excluding steroid dienone is 2. The van der Waals surface area contributed by atoms with Crippen molar-refractivity contribution in [3.8, 4) is 0 Å². The molecule has 0 unspecified atom stereocenters. The average Bonchev–Trinajstić information content (AvgIpc) is 2.60. The van der Waals surface area contributed by atoms with Crippen molar-refractivity contribution in [2.24, 2.45) is 0 Å². The molecule has 0 atom stereocenters. The molecule has 0 aliphatic carbocycles. The number of amides is 1. The fraction of sp³-hybridized carbons (Fsp3) is 0.300. The third kappa shape index (κ3) is 7.70. The van der Waals surface area contributed by atoms with Crippen LogP contribution in [0, 0.1) is 0 Å². The molecular formula is C20H23NO5. The van der Waals surface area contributed by atoms with E-state index in [1.165, 1.54) is 32.3 Å². The van der Waals surface area contributed by atoms with Crippen molar-refractivity contribution in [3.63, 3.8) is 0 Å². The molecule has 6 heteroatoms. The van der Waals surface area contributed by atoms with Crippen molar-refractivity contribution in [2.45, 2.75) is 33.1 Å². The van der Waals surface area contributed by atoms with Gasteiger partial charge in [0.25, 0.3) is 0 Å². The highest BCUT2D eigenvalue weighted by molar-refractivity contribution is 6.03. The van der Waals surface area contributed by atoms with Gasteiger partial charge in [0, 0.05) is 24.3 Å². The molecule has 0 fully saturated rings. The number of anilines is 1. The molecule has 1 rings (SSSR count). The van der Waals surface area contributed by atoms with Crippen molar-refractivity contribution in [3.05, 3.63) is 53.6 Å². The largest absolute Gasteiger partial charge is 0.466 e. The fourth-order valence-electron chi connectivity index (χ4n) is 2.23. The van der Waals surface area contributed by atoms with Crippen molar-refractivity contribution in [1.82, 2.24) is 0 Å². The van der Waals surface area contributed by atoms with Gasteiger partial charge in [0.2, 0.25) is 5.91 Å². The molecule has 6 nitrogen and oxygen atoms in total. The van der Waals surface area contributed by atoms with Gasteiger partial charge in [0.1, 0.15) is 0 Å². The zero-order chi connectivity index (χ0) is 19.5. The third-order valence-corrected chi connectivity index (χ3v) is 3.43. The smallest absolute Gasteiger partial charge is 0.330 e. The Labute approximate surface area is 152 Å². The third-order valence-electron chi connectivity index (χ3n) is 3.43. The SMILES string of the molecule is CCCc1cc(NC(=O)/C=C\C(C)=O)ccc1CC(=O)/C=C\C(=O)OC. The molecule has 0 aromatic heterocycles. The lowest BCUT2D eigenvalue weighted by Gasteiger charge is -2.11. The van der Waals surface area contributed by atoms with Gasteiger partial charge in [-0.15, -0.1) is 0 Å². The normalized spacial score (nSPS) is 10.9. The van der Waals surface area contributed by atoms with E-state index in [0.717, 1.165) is 30.0 Å². The van der Waals surface area contributed by atoms with Crippen LogP contribution in [0.5, 0.6) is 0 Å². The first-order valence-electron chi connectivity index (χ1n) is 8.26. The van der Waals surface area contributed by atoms with Gasteiger partial charge < -0.3 is 10.1 Å². The summed E-state index contributed by atoms with van der Waals surface area (Å²) in [5.74, 6) is -1.40. The molecule has 0 spiro atoms. The van der Waals surface area contributed by atoms with Crippen LogP contribution in [0.4, 0.5) is 5.69 Å². The predicted molar refractivity (Wildman–Crippen MR) is 98.8 cm³/mol. The standard InChI is InChI=1S/C20H23NO5/c1-4-5-15-12-17(21-19(24)10-6-14(2)22)8-7-16(15)13-18(23)9-11-20(25)26-3/h6-12H,4-5,13H2,1-3H3,(H,21,24)/b10-6-,11-9-. The number of rotatable bonds is 9. The zero-order valence-electron chi connectivity index (χ0n) is 15.2. The van der Waals surface area contributed by atoms with Crippen LogP contribution in [-0.4, -0.2) is 30.6 Å². The highest BCUT2D eigenvalue weighted by Gasteiger charge is 2.09. The summed E-state index contributed by atoms with van der Waals surface area (Å²) in [7, 11) is 1.25. The lowest BCUT2D eigenvalue weighted by molar-refractivity contribution is -0.135. The fourth-order valence-corrected chi connectivity index (χ4v) is 2.23. The number of ether oxygens (including phenoxy) is 1. The second kappa shape index (κ2) is 10.8. The summed E-state index contributed by atoms with van der Waals surface area (Å²) in [4.78, 5) is 45.7. The number of ketones is 2. The first kappa shape index (κ1) is 21.0. The van der Waals surface area contributed by atoms with E-state index in [4.69, 9.17) is 0 Å². The average molecular weight is 357 g/mol. The number of methoxy groups -OCH3 is 1. The number of carbonyl (C=O) groups excluding carboxylic acids is 4. The van der Waals surface area contributed by atoms with Crippen LogP contribution in [0.3, 0.4) is 0 Å². The minimum absolute atomic E-state index is 0.154. The highest BCUT2D eigenvalue weighted by atomic mass is 16.5. The molecule has 0 bridgehead atoms. The summed E-state index contributed by atoms with van der Waals surface area (Å²) in [6.07, 6.45) is 6.44. The Balaban J connectivity index is 2.89. The molecule has 0 heterocycles. The topological polar surface area (TPSA) is 89.5 Å². The molecule has 0 radical (unpaired) electrons. The molecule has 1 aromatic carbocycles. The molecule has 0 aliphatic rings. The summed E-state index contributed by atoms with van der Waals surface area (Å²) in [6, 6.07) is 5.29. The molecule has 1 aromatic rings. The van der Waals surface area contributed by atoms with Gasteiger partial charge in [-0.1, -0.05) is 19.4 Å². The van der Waals surface area contributed by atoms with Gasteiger partial charge in [0.05, 0.1) is 7.11 Å². The lowest BCUT2D eigenvalue weighted by Crippen LogP contribution is -2.10. The first-order chi connectivity index (χ1) is 12.3. The lowest BCUT2D eigenvalue weighted by atomic mass is 9.98. The molecule has 1 amide bonds. The van der Waals surface area contributed by atoms with Gasteiger partial charge in [-0.3, -0.25) is 14.4 Å². The van der Waals surface area contributed by atoms with Gasteiger partial charge in [-0.05, 0) is 48.8 Å². The van der Waals surface area contributed by atoms with Gasteiger partial charge in [0.15, 0.2) is 11.6 Å². The van der Waals surface area contributed by atoms with Gasteiger partial charge in [-0.25, -0.2) is 4.79 Å². The second-order valence-corrected chi connectivity index (χ2v) is 5.67. The Morgan fingerprint density at radius 3 is 2.38 bits per heavy atom. The summed E-state index contributed by atoms with van der Waals surface area (Å²) in [5, 5.41) is 2.69. The van der Waals surface area contributed by atoms with Crippen LogP contribution in [0.1, 0.15) is 31.4 Å². The molecule has 0 aliphatic heterocycles. The Morgan fingerprint density at radius 2 is 1.77 bits per heavy atom. The molecular weight excluding hydrogens is 334 g/mol. The van der Waals surface area contributed by atoms with Crippen LogP contribution in [-0.2, 0) is 36.8 Å². The maximum absolute atomic E-state index is 12.0. The van der Waals surface area contributed by atoms with E-state index < -0.39 is 11.9 Å². The van der Waals surface area contributed by atoms with E-state index in [2.05, 4.69) is 10.1 Å². The molecule has 0 saturated heterocycles. The molecule has 0 saturated carbocycles. The van der Waals surface area contributed by atoms with Crippen LogP contribution in [0.25, 0.3) is 0 Å². The summed E-state index contributed by atoms with van der Waals surface area (Å²) >= 11 is 0. The van der Waals surface area contributed by atoms with Gasteiger partial charge >= 0.3 is 5.97 Å². The number of hydrogen-bond donors (Lipinski definition) is 1. The number of hydrogen-bond acceptors (Lipinski definition) is 5. The van der Waals surface area contributed by atoms with Crippen molar-refractivity contribution < 1.29 is 23.9 Å². The Bertz CT molecular complexity index is 747. The monoisotopic (exact) mass is 357 g/mol. The molecule has 138 valence electrons. The van der Waals surface area contributed by atoms with E-state index in [0.29, 0.717) is 5.69 Å². The predicted octanol–water partition coefficient (Wildman–Crippen LogP) is 2.56. The zero-order valence-corrected chi connectivity index (χ0v) is 15.2. The minimum Gasteiger partial charge on any atom is -0.466 e. The van der Waals surface area contributed by atoms with Crippen LogP contribution in [0.15, 0.2) is 42.5 Å². The number of aryl methyl sites for hydroxylation is 1. The quantitative estimate of drug-likeness (QED) is 0.542. The van der Waals surface area contributed by atoms with E-state index >= 15 is 0 Å². The molecule has 1 N–H and O–H groups in total. The first-order valence-corrected chi connectivity index (χ1v) is 8.26. The van der Waals surface area contributed by atoms with Crippen molar-refractivity contribution in [2.75, 3.05) is 12.4 Å². The molecule has 26 heavy (non-hydrogen) atoms.